The zero-order chi connectivity index (χ0) is 21.1. The van der Waals surface area contributed by atoms with E-state index >= 15 is 0 Å². The van der Waals surface area contributed by atoms with Crippen LogP contribution in [0.4, 0.5) is 5.69 Å². The van der Waals surface area contributed by atoms with E-state index in [1.54, 1.807) is 0 Å². The summed E-state index contributed by atoms with van der Waals surface area (Å²) in [6.45, 7) is 4.23. The molecule has 1 aliphatic carbocycles. The molecule has 1 heterocycles. The molecule has 3 rings (SSSR count). The largest absolute Gasteiger partial charge is 0.451 e. The van der Waals surface area contributed by atoms with Crippen LogP contribution >= 0.6 is 0 Å². The molecule has 0 saturated heterocycles. The molecule has 0 saturated carbocycles. The van der Waals surface area contributed by atoms with Crippen LogP contribution in [0.2, 0.25) is 0 Å². The van der Waals surface area contributed by atoms with E-state index in [1.165, 1.54) is 31.0 Å². The highest BCUT2D eigenvalue weighted by atomic mass is 16.6. The lowest BCUT2D eigenvalue weighted by molar-refractivity contribution is -0.386. The standard InChI is InChI=1S/C20H24N4O5/c1-12-19(24(27)28)13(2)23(22-12)11-18(25)29-14(3)20(26)21-17-10-6-8-15-7-4-5-9-16(15)17/h4-5,7,9,14,17H,6,8,10-11H2,1-3H3,(H,21,26)/t14-,17+/m0/s1. The van der Waals surface area contributed by atoms with E-state index in [0.29, 0.717) is 0 Å². The van der Waals surface area contributed by atoms with E-state index in [1.807, 2.05) is 18.2 Å². The van der Waals surface area contributed by atoms with E-state index in [9.17, 15) is 19.7 Å². The first-order valence-electron chi connectivity index (χ1n) is 9.54. The normalized spacial score (nSPS) is 16.6. The van der Waals surface area contributed by atoms with Crippen LogP contribution in [0, 0.1) is 24.0 Å². The van der Waals surface area contributed by atoms with Crippen LogP contribution in [0.1, 0.15) is 48.3 Å². The monoisotopic (exact) mass is 400 g/mol. The number of nitrogens with zero attached hydrogens (tertiary/aromatic N) is 3. The average Bonchev–Trinajstić information content (AvgIpc) is 2.95. The Bertz CT molecular complexity index is 952. The van der Waals surface area contributed by atoms with Crippen molar-refractivity contribution in [1.82, 2.24) is 15.1 Å². The Balaban J connectivity index is 1.60. The summed E-state index contributed by atoms with van der Waals surface area (Å²) in [5.41, 5.74) is 2.68. The van der Waals surface area contributed by atoms with Crippen molar-refractivity contribution < 1.29 is 19.2 Å². The lowest BCUT2D eigenvalue weighted by Gasteiger charge is -2.27. The SMILES string of the molecule is Cc1nn(CC(=O)O[C@@H](C)C(=O)N[C@@H]2CCCc3ccccc32)c(C)c1[N+](=O)[O-]. The fourth-order valence-corrected chi connectivity index (χ4v) is 3.71. The lowest BCUT2D eigenvalue weighted by atomic mass is 9.87. The van der Waals surface area contributed by atoms with Gasteiger partial charge in [-0.3, -0.25) is 24.4 Å². The van der Waals surface area contributed by atoms with Gasteiger partial charge in [-0.05, 0) is 51.2 Å². The number of carbonyl (C=O) groups excluding carboxylic acids is 2. The second-order valence-corrected chi connectivity index (χ2v) is 7.22. The summed E-state index contributed by atoms with van der Waals surface area (Å²) in [4.78, 5) is 35.3. The van der Waals surface area contributed by atoms with Gasteiger partial charge in [0.25, 0.3) is 5.91 Å². The molecule has 1 N–H and O–H groups in total. The Morgan fingerprint density at radius 2 is 2.10 bits per heavy atom. The molecule has 0 unspecified atom stereocenters. The number of carbonyl (C=O) groups is 2. The number of hydrogen-bond donors (Lipinski definition) is 1. The molecule has 0 radical (unpaired) electrons. The summed E-state index contributed by atoms with van der Waals surface area (Å²) in [5.74, 6) is -1.06. The molecule has 2 aromatic rings. The van der Waals surface area contributed by atoms with Crippen LogP contribution in [0.15, 0.2) is 24.3 Å². The molecule has 1 aromatic heterocycles. The van der Waals surface area contributed by atoms with Crippen molar-refractivity contribution in [2.24, 2.45) is 0 Å². The fraction of sp³-hybridized carbons (Fsp3) is 0.450. The highest BCUT2D eigenvalue weighted by Crippen LogP contribution is 2.29. The van der Waals surface area contributed by atoms with Gasteiger partial charge >= 0.3 is 11.7 Å². The Labute approximate surface area is 168 Å². The van der Waals surface area contributed by atoms with Crippen LogP contribution in [-0.2, 0) is 27.3 Å². The number of hydrogen-bond acceptors (Lipinski definition) is 6. The lowest BCUT2D eigenvalue weighted by Crippen LogP contribution is -2.39. The van der Waals surface area contributed by atoms with Crippen molar-refractivity contribution in [2.45, 2.75) is 58.7 Å². The van der Waals surface area contributed by atoms with Gasteiger partial charge in [-0.2, -0.15) is 5.10 Å². The predicted molar refractivity (Wildman–Crippen MR) is 104 cm³/mol. The number of aromatic nitrogens is 2. The van der Waals surface area contributed by atoms with Crippen LogP contribution < -0.4 is 5.32 Å². The molecule has 0 spiro atoms. The highest BCUT2D eigenvalue weighted by molar-refractivity contribution is 5.83. The number of rotatable bonds is 6. The maximum absolute atomic E-state index is 12.5. The maximum Gasteiger partial charge on any atom is 0.328 e. The smallest absolute Gasteiger partial charge is 0.328 e. The first-order valence-corrected chi connectivity index (χ1v) is 9.54. The third-order valence-corrected chi connectivity index (χ3v) is 5.17. The van der Waals surface area contributed by atoms with Crippen molar-refractivity contribution >= 4 is 17.6 Å². The van der Waals surface area contributed by atoms with E-state index in [4.69, 9.17) is 4.74 Å². The van der Waals surface area contributed by atoms with Crippen molar-refractivity contribution in [3.8, 4) is 0 Å². The molecule has 154 valence electrons. The van der Waals surface area contributed by atoms with E-state index in [2.05, 4.69) is 16.5 Å². The molecule has 0 aliphatic heterocycles. The minimum Gasteiger partial charge on any atom is -0.451 e. The van der Waals surface area contributed by atoms with Gasteiger partial charge in [-0.1, -0.05) is 24.3 Å². The maximum atomic E-state index is 12.5. The zero-order valence-corrected chi connectivity index (χ0v) is 16.7. The van der Waals surface area contributed by atoms with Gasteiger partial charge in [0.2, 0.25) is 0 Å². The number of fused-ring (bicyclic) bond motifs is 1. The summed E-state index contributed by atoms with van der Waals surface area (Å²) in [6.07, 6.45) is 1.82. The third-order valence-electron chi connectivity index (χ3n) is 5.17. The minimum atomic E-state index is -0.983. The van der Waals surface area contributed by atoms with Crippen LogP contribution in [0.3, 0.4) is 0 Å². The second-order valence-electron chi connectivity index (χ2n) is 7.22. The van der Waals surface area contributed by atoms with Gasteiger partial charge in [0.1, 0.15) is 17.9 Å². The van der Waals surface area contributed by atoms with E-state index in [-0.39, 0.29) is 35.6 Å². The second kappa shape index (κ2) is 8.42. The number of esters is 1. The van der Waals surface area contributed by atoms with Crippen LogP contribution in [0.5, 0.6) is 0 Å². The number of aryl methyl sites for hydroxylation is 2. The van der Waals surface area contributed by atoms with Crippen LogP contribution in [-0.4, -0.2) is 32.7 Å². The Kier molecular flexibility index (Phi) is 5.95. The summed E-state index contributed by atoms with van der Waals surface area (Å²) < 4.78 is 6.45. The molecule has 9 heteroatoms. The Morgan fingerprint density at radius 1 is 1.38 bits per heavy atom. The number of amides is 1. The fourth-order valence-electron chi connectivity index (χ4n) is 3.71. The van der Waals surface area contributed by atoms with Gasteiger partial charge in [0, 0.05) is 0 Å². The molecule has 1 aliphatic rings. The molecule has 2 atom stereocenters. The van der Waals surface area contributed by atoms with E-state index in [0.717, 1.165) is 24.8 Å². The van der Waals surface area contributed by atoms with Gasteiger partial charge < -0.3 is 10.1 Å². The van der Waals surface area contributed by atoms with E-state index < -0.39 is 17.0 Å². The zero-order valence-electron chi connectivity index (χ0n) is 16.7. The number of nitro groups is 1. The van der Waals surface area contributed by atoms with Gasteiger partial charge in [-0.15, -0.1) is 0 Å². The molecule has 0 fully saturated rings. The minimum absolute atomic E-state index is 0.104. The highest BCUT2D eigenvalue weighted by Gasteiger charge is 2.27. The molecule has 0 bridgehead atoms. The van der Waals surface area contributed by atoms with Gasteiger partial charge in [-0.25, -0.2) is 0 Å². The summed E-state index contributed by atoms with van der Waals surface area (Å²) in [7, 11) is 0. The molecule has 9 nitrogen and oxygen atoms in total. The van der Waals surface area contributed by atoms with Crippen LogP contribution in [0.25, 0.3) is 0 Å². The average molecular weight is 400 g/mol. The number of nitrogens with one attached hydrogen (secondary N) is 1. The molecule has 29 heavy (non-hydrogen) atoms. The first kappa shape index (κ1) is 20.5. The molecular formula is C20H24N4O5. The molecular weight excluding hydrogens is 376 g/mol. The summed E-state index contributed by atoms with van der Waals surface area (Å²) in [6, 6.07) is 7.89. The van der Waals surface area contributed by atoms with Crippen molar-refractivity contribution in [3.05, 3.63) is 56.9 Å². The summed E-state index contributed by atoms with van der Waals surface area (Å²) >= 11 is 0. The summed E-state index contributed by atoms with van der Waals surface area (Å²) in [5, 5.41) is 18.0. The number of ether oxygens (including phenoxy) is 1. The predicted octanol–water partition coefficient (Wildman–Crippen LogP) is 2.53. The first-order chi connectivity index (χ1) is 13.8. The molecule has 1 aromatic carbocycles. The number of benzene rings is 1. The van der Waals surface area contributed by atoms with Crippen molar-refractivity contribution in [1.29, 1.82) is 0 Å². The third kappa shape index (κ3) is 4.44. The quantitative estimate of drug-likeness (QED) is 0.452. The Morgan fingerprint density at radius 3 is 2.79 bits per heavy atom. The van der Waals surface area contributed by atoms with Gasteiger partial charge in [0.15, 0.2) is 6.10 Å². The van der Waals surface area contributed by atoms with Crippen molar-refractivity contribution in [2.75, 3.05) is 0 Å². The topological polar surface area (TPSA) is 116 Å². The molecule has 1 amide bonds. The van der Waals surface area contributed by atoms with Gasteiger partial charge in [0.05, 0.1) is 11.0 Å². The van der Waals surface area contributed by atoms with Crippen molar-refractivity contribution in [3.63, 3.8) is 0 Å². The Hall–Kier alpha value is -3.23.